The smallest absolute Gasteiger partial charge is 0.314 e. The second kappa shape index (κ2) is 9.26. The Kier molecular flexibility index (Phi) is 8.46. The van der Waals surface area contributed by atoms with Gasteiger partial charge in [-0.2, -0.15) is 0 Å². The van der Waals surface area contributed by atoms with Crippen LogP contribution in [0.1, 0.15) is 19.3 Å². The molecule has 6 nitrogen and oxygen atoms in total. The molecule has 0 heterocycles. The Morgan fingerprint density at radius 2 is 1.80 bits per heavy atom. The molecule has 0 spiro atoms. The number of urea groups is 1. The first-order chi connectivity index (χ1) is 7.16. The topological polar surface area (TPSA) is 87.7 Å². The summed E-state index contributed by atoms with van der Waals surface area (Å²) in [4.78, 5) is 21.2. The number of carbonyl (C=O) groups is 2. The number of carbonyl (C=O) groups excluding carboxylic acids is 1. The van der Waals surface area contributed by atoms with Crippen molar-refractivity contribution in [1.82, 2.24) is 10.6 Å². The van der Waals surface area contributed by atoms with Gasteiger partial charge < -0.3 is 20.5 Å². The lowest BCUT2D eigenvalue weighted by atomic mass is 10.3. The van der Waals surface area contributed by atoms with Crippen LogP contribution in [0.3, 0.4) is 0 Å². The minimum atomic E-state index is -0.850. The first-order valence-corrected chi connectivity index (χ1v) is 4.89. The highest BCUT2D eigenvalue weighted by atomic mass is 16.5. The third kappa shape index (κ3) is 10.6. The fraction of sp³-hybridized carbons (Fsp3) is 0.778. The molecule has 0 atom stereocenters. The van der Waals surface area contributed by atoms with Crippen LogP contribution in [0.5, 0.6) is 0 Å². The van der Waals surface area contributed by atoms with Crippen molar-refractivity contribution in [2.75, 3.05) is 26.8 Å². The molecule has 6 heteroatoms. The van der Waals surface area contributed by atoms with E-state index >= 15 is 0 Å². The van der Waals surface area contributed by atoms with Crippen molar-refractivity contribution >= 4 is 12.0 Å². The van der Waals surface area contributed by atoms with Crippen molar-refractivity contribution < 1.29 is 19.4 Å². The van der Waals surface area contributed by atoms with E-state index in [0.29, 0.717) is 26.1 Å². The minimum Gasteiger partial charge on any atom is -0.481 e. The van der Waals surface area contributed by atoms with Gasteiger partial charge in [-0.05, 0) is 12.8 Å². The number of amides is 2. The number of ether oxygens (including phenoxy) is 1. The molecule has 0 unspecified atom stereocenters. The number of hydrogen-bond acceptors (Lipinski definition) is 3. The molecule has 0 bridgehead atoms. The summed E-state index contributed by atoms with van der Waals surface area (Å²) in [6.45, 7) is 1.54. The summed E-state index contributed by atoms with van der Waals surface area (Å²) in [6, 6.07) is -0.267. The summed E-state index contributed by atoms with van der Waals surface area (Å²) < 4.78 is 4.81. The lowest BCUT2D eigenvalue weighted by Crippen LogP contribution is -2.36. The van der Waals surface area contributed by atoms with Gasteiger partial charge in [-0.1, -0.05) is 0 Å². The second-order valence-corrected chi connectivity index (χ2v) is 3.03. The zero-order valence-electron chi connectivity index (χ0n) is 8.91. The molecule has 0 saturated carbocycles. The lowest BCUT2D eigenvalue weighted by Gasteiger charge is -2.06. The van der Waals surface area contributed by atoms with Gasteiger partial charge in [0.2, 0.25) is 0 Å². The first kappa shape index (κ1) is 13.7. The van der Waals surface area contributed by atoms with Gasteiger partial charge in [-0.3, -0.25) is 4.79 Å². The molecule has 0 fully saturated rings. The molecule has 15 heavy (non-hydrogen) atoms. The highest BCUT2D eigenvalue weighted by Gasteiger charge is 2.00. The number of rotatable bonds is 8. The van der Waals surface area contributed by atoms with Gasteiger partial charge in [-0.25, -0.2) is 4.79 Å². The summed E-state index contributed by atoms with van der Waals surface area (Å²) in [5, 5.41) is 13.5. The Morgan fingerprint density at radius 3 is 2.33 bits per heavy atom. The van der Waals surface area contributed by atoms with E-state index in [2.05, 4.69) is 10.6 Å². The lowest BCUT2D eigenvalue weighted by molar-refractivity contribution is -0.137. The first-order valence-electron chi connectivity index (χ1n) is 4.89. The molecule has 0 aliphatic rings. The normalized spacial score (nSPS) is 9.67. The maximum absolute atomic E-state index is 11.0. The molecule has 0 aliphatic heterocycles. The Balaban J connectivity index is 3.22. The quantitative estimate of drug-likeness (QED) is 0.507. The van der Waals surface area contributed by atoms with Gasteiger partial charge in [-0.15, -0.1) is 0 Å². The van der Waals surface area contributed by atoms with Crippen molar-refractivity contribution in [2.45, 2.75) is 19.3 Å². The van der Waals surface area contributed by atoms with Crippen LogP contribution in [-0.2, 0) is 9.53 Å². The predicted molar refractivity (Wildman–Crippen MR) is 54.8 cm³/mol. The van der Waals surface area contributed by atoms with Gasteiger partial charge in [0.25, 0.3) is 0 Å². The van der Waals surface area contributed by atoms with E-state index < -0.39 is 5.97 Å². The van der Waals surface area contributed by atoms with Crippen LogP contribution in [0, 0.1) is 0 Å². The van der Waals surface area contributed by atoms with Crippen LogP contribution in [0.4, 0.5) is 4.79 Å². The molecule has 0 aliphatic carbocycles. The van der Waals surface area contributed by atoms with Gasteiger partial charge in [0, 0.05) is 33.2 Å². The van der Waals surface area contributed by atoms with E-state index in [1.807, 2.05) is 0 Å². The van der Waals surface area contributed by atoms with Crippen molar-refractivity contribution in [3.05, 3.63) is 0 Å². The highest BCUT2D eigenvalue weighted by molar-refractivity contribution is 5.73. The molecule has 0 saturated heterocycles. The summed E-state index contributed by atoms with van der Waals surface area (Å²) in [5.41, 5.74) is 0. The molecule has 3 N–H and O–H groups in total. The van der Waals surface area contributed by atoms with Crippen LogP contribution < -0.4 is 10.6 Å². The molecule has 0 aromatic carbocycles. The highest BCUT2D eigenvalue weighted by Crippen LogP contribution is 1.85. The summed E-state index contributed by atoms with van der Waals surface area (Å²) in [7, 11) is 1.60. The van der Waals surface area contributed by atoms with Crippen LogP contribution in [0.2, 0.25) is 0 Å². The number of methoxy groups -OCH3 is 1. The Bertz CT molecular complexity index is 197. The van der Waals surface area contributed by atoms with E-state index in [0.717, 1.165) is 6.42 Å². The summed E-state index contributed by atoms with van der Waals surface area (Å²) >= 11 is 0. The fourth-order valence-corrected chi connectivity index (χ4v) is 0.922. The molecular formula is C9H18N2O4. The Morgan fingerprint density at radius 1 is 1.20 bits per heavy atom. The minimum absolute atomic E-state index is 0.0734. The molecule has 0 rings (SSSR count). The van der Waals surface area contributed by atoms with E-state index in [4.69, 9.17) is 9.84 Å². The van der Waals surface area contributed by atoms with Crippen molar-refractivity contribution in [3.63, 3.8) is 0 Å². The van der Waals surface area contributed by atoms with E-state index in [-0.39, 0.29) is 12.5 Å². The zero-order chi connectivity index (χ0) is 11.5. The average molecular weight is 218 g/mol. The molecule has 2 amide bonds. The van der Waals surface area contributed by atoms with Crippen molar-refractivity contribution in [3.8, 4) is 0 Å². The number of hydrogen-bond donors (Lipinski definition) is 3. The Hall–Kier alpha value is -1.30. The fourth-order valence-electron chi connectivity index (χ4n) is 0.922. The molecule has 0 aromatic rings. The standard InChI is InChI=1S/C9H18N2O4/c1-15-7-3-6-11-9(14)10-5-2-4-8(12)13/h2-7H2,1H3,(H,12,13)(H2,10,11,14). The van der Waals surface area contributed by atoms with E-state index in [9.17, 15) is 9.59 Å². The predicted octanol–water partition coefficient (Wildman–Crippen LogP) is 0.187. The van der Waals surface area contributed by atoms with E-state index in [1.54, 1.807) is 7.11 Å². The summed E-state index contributed by atoms with van der Waals surface area (Å²) in [6.07, 6.45) is 1.28. The maximum Gasteiger partial charge on any atom is 0.314 e. The molecule has 88 valence electrons. The SMILES string of the molecule is COCCCNC(=O)NCCCC(=O)O. The van der Waals surface area contributed by atoms with Crippen LogP contribution in [0.25, 0.3) is 0 Å². The van der Waals surface area contributed by atoms with Gasteiger partial charge in [0.15, 0.2) is 0 Å². The van der Waals surface area contributed by atoms with Crippen LogP contribution >= 0.6 is 0 Å². The second-order valence-electron chi connectivity index (χ2n) is 3.03. The number of nitrogens with one attached hydrogen (secondary N) is 2. The monoisotopic (exact) mass is 218 g/mol. The average Bonchev–Trinajstić information content (AvgIpc) is 2.19. The number of carboxylic acids is 1. The molecular weight excluding hydrogens is 200 g/mol. The maximum atomic E-state index is 11.0. The van der Waals surface area contributed by atoms with Crippen LogP contribution in [-0.4, -0.2) is 43.9 Å². The number of carboxylic acid groups (broad SMARTS) is 1. The third-order valence-electron chi connectivity index (χ3n) is 1.66. The molecule has 0 aromatic heterocycles. The van der Waals surface area contributed by atoms with Gasteiger partial charge in [0.1, 0.15) is 0 Å². The van der Waals surface area contributed by atoms with Gasteiger partial charge in [0.05, 0.1) is 0 Å². The van der Waals surface area contributed by atoms with Crippen LogP contribution in [0.15, 0.2) is 0 Å². The van der Waals surface area contributed by atoms with E-state index in [1.165, 1.54) is 0 Å². The summed E-state index contributed by atoms with van der Waals surface area (Å²) in [5.74, 6) is -0.850. The largest absolute Gasteiger partial charge is 0.481 e. The zero-order valence-corrected chi connectivity index (χ0v) is 8.91. The van der Waals surface area contributed by atoms with Crippen molar-refractivity contribution in [2.24, 2.45) is 0 Å². The van der Waals surface area contributed by atoms with Gasteiger partial charge >= 0.3 is 12.0 Å². The third-order valence-corrected chi connectivity index (χ3v) is 1.66. The Labute approximate surface area is 89.0 Å². The number of aliphatic carboxylic acids is 1. The van der Waals surface area contributed by atoms with Crippen molar-refractivity contribution in [1.29, 1.82) is 0 Å². The molecule has 0 radical (unpaired) electrons.